The zero-order chi connectivity index (χ0) is 10.4. The number of nitrogens with one attached hydrogen (secondary N) is 1. The van der Waals surface area contributed by atoms with E-state index in [1.54, 1.807) is 19.9 Å². The molecule has 0 fully saturated rings. The van der Waals surface area contributed by atoms with Gasteiger partial charge in [-0.3, -0.25) is 9.59 Å². The second kappa shape index (κ2) is 5.35. The largest absolute Gasteiger partial charge is 0.368 e. The zero-order valence-corrected chi connectivity index (χ0v) is 8.04. The van der Waals surface area contributed by atoms with Gasteiger partial charge in [-0.15, -0.1) is 6.58 Å². The Morgan fingerprint density at radius 3 is 2.38 bits per heavy atom. The molecule has 0 spiro atoms. The van der Waals surface area contributed by atoms with Gasteiger partial charge in [0.25, 0.3) is 0 Å². The number of nitrogens with two attached hydrogens (primary N) is 1. The van der Waals surface area contributed by atoms with Crippen LogP contribution in [0.3, 0.4) is 0 Å². The minimum Gasteiger partial charge on any atom is -0.368 e. The van der Waals surface area contributed by atoms with Crippen LogP contribution in [0.25, 0.3) is 0 Å². The molecule has 0 aromatic heterocycles. The lowest BCUT2D eigenvalue weighted by molar-refractivity contribution is -0.129. The zero-order valence-electron chi connectivity index (χ0n) is 8.04. The molecule has 0 aromatic rings. The Balaban J connectivity index is 4.17. The summed E-state index contributed by atoms with van der Waals surface area (Å²) < 4.78 is 0. The first-order valence-electron chi connectivity index (χ1n) is 4.19. The van der Waals surface area contributed by atoms with Crippen molar-refractivity contribution in [3.05, 3.63) is 12.7 Å². The molecule has 0 heterocycles. The third-order valence-electron chi connectivity index (χ3n) is 1.59. The van der Waals surface area contributed by atoms with Gasteiger partial charge >= 0.3 is 0 Å². The van der Waals surface area contributed by atoms with Gasteiger partial charge in [0.1, 0.15) is 6.04 Å². The molecular weight excluding hydrogens is 168 g/mol. The van der Waals surface area contributed by atoms with Crippen LogP contribution in [-0.4, -0.2) is 17.9 Å². The van der Waals surface area contributed by atoms with Crippen molar-refractivity contribution in [2.75, 3.05) is 0 Å². The molecule has 2 amide bonds. The first-order valence-corrected chi connectivity index (χ1v) is 4.19. The molecule has 0 saturated carbocycles. The SMILES string of the molecule is C=CC[C@@H](NC(=O)C(C)C)C(N)=O. The van der Waals surface area contributed by atoms with E-state index in [1.165, 1.54) is 0 Å². The first-order chi connectivity index (χ1) is 5.99. The Labute approximate surface area is 78.2 Å². The van der Waals surface area contributed by atoms with Crippen LogP contribution < -0.4 is 11.1 Å². The van der Waals surface area contributed by atoms with Crippen molar-refractivity contribution < 1.29 is 9.59 Å². The van der Waals surface area contributed by atoms with E-state index < -0.39 is 11.9 Å². The molecule has 0 aliphatic rings. The van der Waals surface area contributed by atoms with Crippen LogP contribution in [0.2, 0.25) is 0 Å². The Morgan fingerprint density at radius 2 is 2.08 bits per heavy atom. The monoisotopic (exact) mass is 184 g/mol. The Bertz CT molecular complexity index is 212. The molecule has 13 heavy (non-hydrogen) atoms. The van der Waals surface area contributed by atoms with Gasteiger partial charge in [-0.1, -0.05) is 19.9 Å². The van der Waals surface area contributed by atoms with E-state index in [-0.39, 0.29) is 11.8 Å². The number of hydrogen-bond donors (Lipinski definition) is 2. The van der Waals surface area contributed by atoms with Gasteiger partial charge in [0, 0.05) is 5.92 Å². The number of amides is 2. The summed E-state index contributed by atoms with van der Waals surface area (Å²) in [4.78, 5) is 22.0. The van der Waals surface area contributed by atoms with Gasteiger partial charge in [0.2, 0.25) is 11.8 Å². The summed E-state index contributed by atoms with van der Waals surface area (Å²) in [6.07, 6.45) is 1.92. The van der Waals surface area contributed by atoms with Gasteiger partial charge in [-0.05, 0) is 6.42 Å². The molecule has 0 rings (SSSR count). The van der Waals surface area contributed by atoms with E-state index in [0.29, 0.717) is 6.42 Å². The minimum atomic E-state index is -0.632. The third-order valence-corrected chi connectivity index (χ3v) is 1.59. The van der Waals surface area contributed by atoms with Crippen molar-refractivity contribution in [2.45, 2.75) is 26.3 Å². The topological polar surface area (TPSA) is 72.2 Å². The van der Waals surface area contributed by atoms with Crippen LogP contribution in [0.5, 0.6) is 0 Å². The summed E-state index contributed by atoms with van der Waals surface area (Å²) in [7, 11) is 0. The fourth-order valence-corrected chi connectivity index (χ4v) is 0.751. The van der Waals surface area contributed by atoms with Gasteiger partial charge < -0.3 is 11.1 Å². The average molecular weight is 184 g/mol. The summed E-state index contributed by atoms with van der Waals surface area (Å²) >= 11 is 0. The Hall–Kier alpha value is -1.32. The molecule has 0 aromatic carbocycles. The predicted molar refractivity (Wildman–Crippen MR) is 50.8 cm³/mol. The maximum Gasteiger partial charge on any atom is 0.240 e. The molecule has 3 N–H and O–H groups in total. The fourth-order valence-electron chi connectivity index (χ4n) is 0.751. The van der Waals surface area contributed by atoms with Crippen LogP contribution in [0.1, 0.15) is 20.3 Å². The first kappa shape index (κ1) is 11.7. The second-order valence-electron chi connectivity index (χ2n) is 3.14. The van der Waals surface area contributed by atoms with E-state index in [9.17, 15) is 9.59 Å². The standard InChI is InChI=1S/C9H16N2O2/c1-4-5-7(8(10)12)11-9(13)6(2)3/h4,6-7H,1,5H2,2-3H3,(H2,10,12)(H,11,13)/t7-/m1/s1. The summed E-state index contributed by atoms with van der Waals surface area (Å²) in [6, 6.07) is -0.632. The second-order valence-corrected chi connectivity index (χ2v) is 3.14. The van der Waals surface area contributed by atoms with E-state index in [1.807, 2.05) is 0 Å². The van der Waals surface area contributed by atoms with Crippen LogP contribution in [0, 0.1) is 5.92 Å². The summed E-state index contributed by atoms with van der Waals surface area (Å²) in [6.45, 7) is 6.98. The molecule has 0 aliphatic carbocycles. The lowest BCUT2D eigenvalue weighted by atomic mass is 10.1. The fraction of sp³-hybridized carbons (Fsp3) is 0.556. The van der Waals surface area contributed by atoms with Crippen molar-refractivity contribution >= 4 is 11.8 Å². The number of rotatable bonds is 5. The van der Waals surface area contributed by atoms with E-state index in [4.69, 9.17) is 5.73 Å². The Morgan fingerprint density at radius 1 is 1.54 bits per heavy atom. The average Bonchev–Trinajstić information content (AvgIpc) is 2.03. The van der Waals surface area contributed by atoms with Gasteiger partial charge in [-0.25, -0.2) is 0 Å². The third kappa shape index (κ3) is 4.30. The predicted octanol–water partition coefficient (Wildman–Crippen LogP) is 0.189. The normalized spacial score (nSPS) is 12.2. The molecular formula is C9H16N2O2. The van der Waals surface area contributed by atoms with Crippen LogP contribution >= 0.6 is 0 Å². The molecule has 0 saturated heterocycles. The van der Waals surface area contributed by atoms with Crippen LogP contribution in [-0.2, 0) is 9.59 Å². The lowest BCUT2D eigenvalue weighted by Gasteiger charge is -2.14. The van der Waals surface area contributed by atoms with Crippen LogP contribution in [0.15, 0.2) is 12.7 Å². The smallest absolute Gasteiger partial charge is 0.240 e. The van der Waals surface area contributed by atoms with Crippen LogP contribution in [0.4, 0.5) is 0 Å². The number of hydrogen-bond acceptors (Lipinski definition) is 2. The highest BCUT2D eigenvalue weighted by Crippen LogP contribution is 1.96. The highest BCUT2D eigenvalue weighted by molar-refractivity contribution is 5.87. The number of primary amides is 1. The quantitative estimate of drug-likeness (QED) is 0.598. The highest BCUT2D eigenvalue weighted by atomic mass is 16.2. The molecule has 74 valence electrons. The lowest BCUT2D eigenvalue weighted by Crippen LogP contribution is -2.45. The van der Waals surface area contributed by atoms with E-state index >= 15 is 0 Å². The maximum atomic E-state index is 11.2. The van der Waals surface area contributed by atoms with E-state index in [0.717, 1.165) is 0 Å². The van der Waals surface area contributed by atoms with Crippen molar-refractivity contribution in [3.63, 3.8) is 0 Å². The maximum absolute atomic E-state index is 11.2. The number of carbonyl (C=O) groups is 2. The molecule has 4 nitrogen and oxygen atoms in total. The Kier molecular flexibility index (Phi) is 4.80. The van der Waals surface area contributed by atoms with Gasteiger partial charge in [-0.2, -0.15) is 0 Å². The number of carbonyl (C=O) groups excluding carboxylic acids is 2. The van der Waals surface area contributed by atoms with Crippen molar-refractivity contribution in [1.82, 2.24) is 5.32 Å². The molecule has 0 unspecified atom stereocenters. The summed E-state index contributed by atoms with van der Waals surface area (Å²) in [5.74, 6) is -0.855. The van der Waals surface area contributed by atoms with Crippen molar-refractivity contribution in [3.8, 4) is 0 Å². The summed E-state index contributed by atoms with van der Waals surface area (Å²) in [5.41, 5.74) is 5.07. The molecule has 0 radical (unpaired) electrons. The molecule has 0 bridgehead atoms. The van der Waals surface area contributed by atoms with Crippen molar-refractivity contribution in [2.24, 2.45) is 11.7 Å². The minimum absolute atomic E-state index is 0.147. The highest BCUT2D eigenvalue weighted by Gasteiger charge is 2.17. The van der Waals surface area contributed by atoms with E-state index in [2.05, 4.69) is 11.9 Å². The molecule has 4 heteroatoms. The van der Waals surface area contributed by atoms with Crippen molar-refractivity contribution in [1.29, 1.82) is 0 Å². The molecule has 0 aliphatic heterocycles. The summed E-state index contributed by atoms with van der Waals surface area (Å²) in [5, 5.41) is 2.53. The van der Waals surface area contributed by atoms with Gasteiger partial charge in [0.15, 0.2) is 0 Å². The molecule has 1 atom stereocenters. The van der Waals surface area contributed by atoms with Gasteiger partial charge in [0.05, 0.1) is 0 Å².